The van der Waals surface area contributed by atoms with Crippen LogP contribution < -0.4 is 11.1 Å². The zero-order valence-corrected chi connectivity index (χ0v) is 11.9. The number of benzene rings is 1. The van der Waals surface area contributed by atoms with E-state index in [4.69, 9.17) is 10.5 Å². The van der Waals surface area contributed by atoms with Gasteiger partial charge in [-0.25, -0.2) is 4.39 Å². The first-order valence-corrected chi connectivity index (χ1v) is 6.92. The number of carbonyl (C=O) groups is 1. The monoisotopic (exact) mass is 280 g/mol. The van der Waals surface area contributed by atoms with Gasteiger partial charge in [-0.3, -0.25) is 4.79 Å². The van der Waals surface area contributed by atoms with Gasteiger partial charge in [-0.1, -0.05) is 6.92 Å². The van der Waals surface area contributed by atoms with Crippen molar-refractivity contribution in [1.82, 2.24) is 0 Å². The van der Waals surface area contributed by atoms with E-state index < -0.39 is 11.4 Å². The van der Waals surface area contributed by atoms with E-state index in [9.17, 15) is 9.18 Å². The molecule has 4 nitrogen and oxygen atoms in total. The number of nitrogens with two attached hydrogens (primary N) is 1. The van der Waals surface area contributed by atoms with Crippen LogP contribution >= 0.6 is 0 Å². The Morgan fingerprint density at radius 3 is 2.90 bits per heavy atom. The highest BCUT2D eigenvalue weighted by Crippen LogP contribution is 2.30. The lowest BCUT2D eigenvalue weighted by Crippen LogP contribution is -2.56. The molecule has 1 heterocycles. The summed E-state index contributed by atoms with van der Waals surface area (Å²) in [4.78, 5) is 11.9. The molecule has 1 saturated heterocycles. The van der Waals surface area contributed by atoms with Gasteiger partial charge in [0.2, 0.25) is 5.91 Å². The van der Waals surface area contributed by atoms with Crippen LogP contribution in [0.2, 0.25) is 0 Å². The van der Waals surface area contributed by atoms with Gasteiger partial charge in [0, 0.05) is 25.1 Å². The van der Waals surface area contributed by atoms with E-state index in [-0.39, 0.29) is 11.9 Å². The van der Waals surface area contributed by atoms with Crippen molar-refractivity contribution in [3.63, 3.8) is 0 Å². The molecule has 1 amide bonds. The molecule has 2 unspecified atom stereocenters. The normalized spacial score (nSPS) is 26.2. The predicted molar refractivity (Wildman–Crippen MR) is 76.0 cm³/mol. The quantitative estimate of drug-likeness (QED) is 0.890. The van der Waals surface area contributed by atoms with Crippen molar-refractivity contribution in [1.29, 1.82) is 0 Å². The van der Waals surface area contributed by atoms with Crippen molar-refractivity contribution in [3.8, 4) is 0 Å². The molecule has 3 N–H and O–H groups in total. The van der Waals surface area contributed by atoms with Crippen LogP contribution in [0.15, 0.2) is 18.2 Å². The molecule has 1 aromatic rings. The minimum Gasteiger partial charge on any atom is -0.378 e. The van der Waals surface area contributed by atoms with E-state index in [1.807, 2.05) is 19.9 Å². The molecule has 0 radical (unpaired) electrons. The van der Waals surface area contributed by atoms with Crippen molar-refractivity contribution in [3.05, 3.63) is 29.6 Å². The van der Waals surface area contributed by atoms with Gasteiger partial charge in [-0.05, 0) is 37.1 Å². The third-order valence-corrected chi connectivity index (χ3v) is 3.81. The number of primary amides is 1. The second-order valence-corrected chi connectivity index (χ2v) is 5.44. The first-order valence-electron chi connectivity index (χ1n) is 6.92. The number of amides is 1. The molecule has 2 rings (SSSR count). The van der Waals surface area contributed by atoms with Gasteiger partial charge in [0.1, 0.15) is 11.4 Å². The highest BCUT2D eigenvalue weighted by Gasteiger charge is 2.41. The van der Waals surface area contributed by atoms with Crippen molar-refractivity contribution in [2.75, 3.05) is 11.9 Å². The van der Waals surface area contributed by atoms with Gasteiger partial charge in [0.05, 0.1) is 6.10 Å². The number of halogens is 1. The van der Waals surface area contributed by atoms with Crippen LogP contribution in [0.1, 0.15) is 31.7 Å². The molecule has 0 aromatic heterocycles. The Hall–Kier alpha value is -1.62. The smallest absolute Gasteiger partial charge is 0.243 e. The molecule has 0 bridgehead atoms. The lowest BCUT2D eigenvalue weighted by atomic mass is 9.84. The lowest BCUT2D eigenvalue weighted by Gasteiger charge is -2.39. The lowest BCUT2D eigenvalue weighted by molar-refractivity contribution is -0.127. The van der Waals surface area contributed by atoms with E-state index in [0.717, 1.165) is 12.0 Å². The predicted octanol–water partition coefficient (Wildman–Crippen LogP) is 2.36. The summed E-state index contributed by atoms with van der Waals surface area (Å²) >= 11 is 0. The first kappa shape index (κ1) is 14.8. The molecule has 110 valence electrons. The number of anilines is 1. The number of aryl methyl sites for hydroxylation is 1. The molecule has 1 fully saturated rings. The summed E-state index contributed by atoms with van der Waals surface area (Å²) in [5, 5.41) is 3.15. The topological polar surface area (TPSA) is 64.3 Å². The van der Waals surface area contributed by atoms with Crippen LogP contribution in [-0.4, -0.2) is 24.2 Å². The summed E-state index contributed by atoms with van der Waals surface area (Å²) < 4.78 is 19.1. The van der Waals surface area contributed by atoms with Crippen molar-refractivity contribution in [2.45, 2.75) is 44.8 Å². The maximum atomic E-state index is 13.5. The summed E-state index contributed by atoms with van der Waals surface area (Å²) in [5.41, 5.74) is 6.11. The number of ether oxygens (including phenoxy) is 1. The fourth-order valence-corrected chi connectivity index (χ4v) is 2.70. The van der Waals surface area contributed by atoms with Gasteiger partial charge in [0.15, 0.2) is 0 Å². The second kappa shape index (κ2) is 5.79. The largest absolute Gasteiger partial charge is 0.378 e. The summed E-state index contributed by atoms with van der Waals surface area (Å²) in [7, 11) is 0. The molecule has 0 aliphatic carbocycles. The standard InChI is InChI=1S/C15H21FN2O2/c1-3-13-9-15(14(17)19,4-5-20-13)18-12-7-10(2)6-11(16)8-12/h6-8,13,18H,3-5,9H2,1-2H3,(H2,17,19). The Balaban J connectivity index is 2.27. The number of rotatable bonds is 4. The molecule has 5 heteroatoms. The Morgan fingerprint density at radius 2 is 2.30 bits per heavy atom. The van der Waals surface area contributed by atoms with Crippen LogP contribution in [0.25, 0.3) is 0 Å². The number of carbonyl (C=O) groups excluding carboxylic acids is 1. The van der Waals surface area contributed by atoms with Gasteiger partial charge < -0.3 is 15.8 Å². The molecule has 20 heavy (non-hydrogen) atoms. The third kappa shape index (κ3) is 3.10. The van der Waals surface area contributed by atoms with Crippen molar-refractivity contribution >= 4 is 11.6 Å². The van der Waals surface area contributed by atoms with E-state index in [1.165, 1.54) is 12.1 Å². The van der Waals surface area contributed by atoms with Crippen molar-refractivity contribution in [2.24, 2.45) is 5.73 Å². The molecule has 1 aromatic carbocycles. The Kier molecular flexibility index (Phi) is 4.28. The van der Waals surface area contributed by atoms with Gasteiger partial charge in [-0.2, -0.15) is 0 Å². The highest BCUT2D eigenvalue weighted by molar-refractivity contribution is 5.88. The number of hydrogen-bond donors (Lipinski definition) is 2. The van der Waals surface area contributed by atoms with Crippen LogP contribution in [0, 0.1) is 12.7 Å². The van der Waals surface area contributed by atoms with Gasteiger partial charge in [-0.15, -0.1) is 0 Å². The Labute approximate surface area is 118 Å². The average molecular weight is 280 g/mol. The summed E-state index contributed by atoms with van der Waals surface area (Å²) in [6.45, 7) is 4.29. The summed E-state index contributed by atoms with van der Waals surface area (Å²) in [6, 6.07) is 4.64. The summed E-state index contributed by atoms with van der Waals surface area (Å²) in [5.74, 6) is -0.743. The van der Waals surface area contributed by atoms with Gasteiger partial charge in [0.25, 0.3) is 0 Å². The SMILES string of the molecule is CCC1CC(Nc2cc(C)cc(F)c2)(C(N)=O)CCO1. The van der Waals surface area contributed by atoms with Gasteiger partial charge >= 0.3 is 0 Å². The minimum atomic E-state index is -0.862. The van der Waals surface area contributed by atoms with Crippen LogP contribution in [-0.2, 0) is 9.53 Å². The second-order valence-electron chi connectivity index (χ2n) is 5.44. The Bertz CT molecular complexity index is 486. The van der Waals surface area contributed by atoms with Crippen molar-refractivity contribution < 1.29 is 13.9 Å². The van der Waals surface area contributed by atoms with Crippen LogP contribution in [0.4, 0.5) is 10.1 Å². The van der Waals surface area contributed by atoms with E-state index in [2.05, 4.69) is 5.32 Å². The first-order chi connectivity index (χ1) is 9.45. The van der Waals surface area contributed by atoms with E-state index in [1.54, 1.807) is 0 Å². The molecular formula is C15H21FN2O2. The maximum absolute atomic E-state index is 13.5. The molecule has 1 aliphatic heterocycles. The minimum absolute atomic E-state index is 0.00148. The average Bonchev–Trinajstić information content (AvgIpc) is 2.37. The van der Waals surface area contributed by atoms with E-state index >= 15 is 0 Å². The third-order valence-electron chi connectivity index (χ3n) is 3.81. The molecule has 1 aliphatic rings. The van der Waals surface area contributed by atoms with Crippen LogP contribution in [0.3, 0.4) is 0 Å². The number of nitrogens with one attached hydrogen (secondary N) is 1. The molecule has 2 atom stereocenters. The highest BCUT2D eigenvalue weighted by atomic mass is 19.1. The number of hydrogen-bond acceptors (Lipinski definition) is 3. The fraction of sp³-hybridized carbons (Fsp3) is 0.533. The zero-order chi connectivity index (χ0) is 14.8. The van der Waals surface area contributed by atoms with E-state index in [0.29, 0.717) is 25.1 Å². The summed E-state index contributed by atoms with van der Waals surface area (Å²) in [6.07, 6.45) is 1.82. The maximum Gasteiger partial charge on any atom is 0.243 e. The Morgan fingerprint density at radius 1 is 1.55 bits per heavy atom. The van der Waals surface area contributed by atoms with Crippen LogP contribution in [0.5, 0.6) is 0 Å². The molecular weight excluding hydrogens is 259 g/mol. The molecule has 0 spiro atoms. The zero-order valence-electron chi connectivity index (χ0n) is 11.9. The fourth-order valence-electron chi connectivity index (χ4n) is 2.70. The molecule has 0 saturated carbocycles.